The molecule has 1 N–H and O–H groups in total. The molecule has 2 amide bonds. The number of aryl methyl sites for hydroxylation is 1. The summed E-state index contributed by atoms with van der Waals surface area (Å²) >= 11 is 3.27. The molecule has 3 aromatic rings. The molecule has 2 aromatic heterocycles. The van der Waals surface area contributed by atoms with E-state index in [2.05, 4.69) is 62.8 Å². The number of carbonyl (C=O) groups is 2. The molecule has 8 heteroatoms. The van der Waals surface area contributed by atoms with Crippen LogP contribution < -0.4 is 10.2 Å². The van der Waals surface area contributed by atoms with Crippen LogP contribution in [0, 0.1) is 13.8 Å². The van der Waals surface area contributed by atoms with Gasteiger partial charge in [0, 0.05) is 17.0 Å². The Morgan fingerprint density at radius 1 is 1.23 bits per heavy atom. The number of thioether (sulfide) groups is 1. The molecular formula is C27H34N4O2S2. The lowest BCUT2D eigenvalue weighted by Gasteiger charge is -2.25. The molecule has 1 aliphatic rings. The van der Waals surface area contributed by atoms with E-state index in [-0.39, 0.29) is 35.1 Å². The predicted octanol–water partition coefficient (Wildman–Crippen LogP) is 5.54. The fourth-order valence-corrected chi connectivity index (χ4v) is 6.36. The standard InChI is InChI=1S/C27H34N4O2S2/c1-16(2)28-21(32)13-30-22(33)15-35-24(19-11-12-34-14-19)23-25(27(5,6)7)29-31(26(23)30)20-10-8-9-17(3)18(20)4/h8-12,14,16,24H,13,15H2,1-7H3,(H,28,32). The SMILES string of the molecule is Cc1cccc(-n2nc(C(C)(C)C)c3c2N(CC(=O)NC(C)C)C(=O)CSC3c2ccsc2)c1C. The van der Waals surface area contributed by atoms with E-state index in [1.807, 2.05) is 30.7 Å². The van der Waals surface area contributed by atoms with Crippen LogP contribution in [0.15, 0.2) is 35.0 Å². The number of hydrogen-bond donors (Lipinski definition) is 1. The van der Waals surface area contributed by atoms with E-state index < -0.39 is 0 Å². The average molecular weight is 511 g/mol. The van der Waals surface area contributed by atoms with Gasteiger partial charge in [-0.15, -0.1) is 11.8 Å². The number of hydrogen-bond acceptors (Lipinski definition) is 5. The van der Waals surface area contributed by atoms with Crippen LogP contribution in [0.3, 0.4) is 0 Å². The summed E-state index contributed by atoms with van der Waals surface area (Å²) < 4.78 is 1.91. The maximum absolute atomic E-state index is 13.6. The van der Waals surface area contributed by atoms with E-state index in [4.69, 9.17) is 5.10 Å². The first-order valence-electron chi connectivity index (χ1n) is 11.9. The largest absolute Gasteiger partial charge is 0.352 e. The van der Waals surface area contributed by atoms with Crippen molar-refractivity contribution in [3.05, 3.63) is 63.0 Å². The van der Waals surface area contributed by atoms with Gasteiger partial charge in [-0.3, -0.25) is 14.5 Å². The zero-order chi connectivity index (χ0) is 25.5. The van der Waals surface area contributed by atoms with Gasteiger partial charge in [-0.25, -0.2) is 4.68 Å². The Kier molecular flexibility index (Phi) is 7.16. The van der Waals surface area contributed by atoms with Gasteiger partial charge in [-0.05, 0) is 67.3 Å². The molecule has 0 aliphatic carbocycles. The van der Waals surface area contributed by atoms with Crippen LogP contribution in [-0.4, -0.2) is 39.9 Å². The molecule has 1 atom stereocenters. The van der Waals surface area contributed by atoms with Gasteiger partial charge in [0.05, 0.1) is 22.4 Å². The first-order valence-corrected chi connectivity index (χ1v) is 13.9. The fourth-order valence-electron chi connectivity index (χ4n) is 4.40. The Hall–Kier alpha value is -2.58. The number of carbonyl (C=O) groups excluding carboxylic acids is 2. The lowest BCUT2D eigenvalue weighted by molar-refractivity contribution is -0.123. The van der Waals surface area contributed by atoms with Gasteiger partial charge in [0.2, 0.25) is 11.8 Å². The Morgan fingerprint density at radius 3 is 2.60 bits per heavy atom. The van der Waals surface area contributed by atoms with Crippen LogP contribution in [0.25, 0.3) is 5.69 Å². The number of aromatic nitrogens is 2. The monoisotopic (exact) mass is 510 g/mol. The van der Waals surface area contributed by atoms with Gasteiger partial charge in [-0.2, -0.15) is 16.4 Å². The van der Waals surface area contributed by atoms with Crippen molar-refractivity contribution in [1.82, 2.24) is 15.1 Å². The van der Waals surface area contributed by atoms with E-state index >= 15 is 0 Å². The van der Waals surface area contributed by atoms with Crippen molar-refractivity contribution in [3.8, 4) is 5.69 Å². The van der Waals surface area contributed by atoms with E-state index in [9.17, 15) is 9.59 Å². The molecule has 6 nitrogen and oxygen atoms in total. The number of amides is 2. The number of anilines is 1. The topological polar surface area (TPSA) is 67.2 Å². The smallest absolute Gasteiger partial charge is 0.240 e. The van der Waals surface area contributed by atoms with E-state index in [0.717, 1.165) is 33.6 Å². The zero-order valence-corrected chi connectivity index (χ0v) is 23.1. The molecule has 4 rings (SSSR count). The van der Waals surface area contributed by atoms with Gasteiger partial charge in [0.25, 0.3) is 0 Å². The summed E-state index contributed by atoms with van der Waals surface area (Å²) in [5.41, 5.74) is 6.04. The second kappa shape index (κ2) is 9.82. The normalized spacial score (nSPS) is 16.4. The Balaban J connectivity index is 2.03. The molecule has 186 valence electrons. The summed E-state index contributed by atoms with van der Waals surface area (Å²) in [7, 11) is 0. The molecule has 0 bridgehead atoms. The molecule has 3 heterocycles. The number of nitrogens with zero attached hydrogens (tertiary/aromatic N) is 3. The Bertz CT molecular complexity index is 1240. The molecule has 0 radical (unpaired) electrons. The quantitative estimate of drug-likeness (QED) is 0.489. The summed E-state index contributed by atoms with van der Waals surface area (Å²) in [4.78, 5) is 28.2. The van der Waals surface area contributed by atoms with E-state index in [0.29, 0.717) is 11.6 Å². The lowest BCUT2D eigenvalue weighted by atomic mass is 9.87. The summed E-state index contributed by atoms with van der Waals surface area (Å²) in [5.74, 6) is 0.735. The van der Waals surface area contributed by atoms with Crippen LogP contribution >= 0.6 is 23.1 Å². The highest BCUT2D eigenvalue weighted by molar-refractivity contribution is 8.00. The van der Waals surface area contributed by atoms with Gasteiger partial charge >= 0.3 is 0 Å². The molecule has 1 aliphatic heterocycles. The molecule has 0 fully saturated rings. The van der Waals surface area contributed by atoms with E-state index in [1.54, 1.807) is 28.0 Å². The number of thiophene rings is 1. The van der Waals surface area contributed by atoms with Crippen LogP contribution in [0.5, 0.6) is 0 Å². The lowest BCUT2D eigenvalue weighted by Crippen LogP contribution is -2.44. The van der Waals surface area contributed by atoms with Crippen molar-refractivity contribution in [2.45, 2.75) is 65.2 Å². The first kappa shape index (κ1) is 25.5. The van der Waals surface area contributed by atoms with Crippen molar-refractivity contribution in [2.75, 3.05) is 17.2 Å². The molecule has 1 aromatic carbocycles. The molecule has 35 heavy (non-hydrogen) atoms. The molecule has 1 unspecified atom stereocenters. The number of rotatable bonds is 5. The van der Waals surface area contributed by atoms with Crippen LogP contribution in [0.4, 0.5) is 5.82 Å². The molecule has 0 spiro atoms. The Morgan fingerprint density at radius 2 is 1.97 bits per heavy atom. The van der Waals surface area contributed by atoms with Crippen molar-refractivity contribution < 1.29 is 9.59 Å². The van der Waals surface area contributed by atoms with Crippen LogP contribution in [-0.2, 0) is 15.0 Å². The van der Waals surface area contributed by atoms with Gasteiger partial charge in [0.1, 0.15) is 12.4 Å². The zero-order valence-electron chi connectivity index (χ0n) is 21.5. The van der Waals surface area contributed by atoms with Gasteiger partial charge < -0.3 is 5.32 Å². The second-order valence-corrected chi connectivity index (χ2v) is 12.3. The molecular weight excluding hydrogens is 476 g/mol. The highest BCUT2D eigenvalue weighted by Gasteiger charge is 2.40. The highest BCUT2D eigenvalue weighted by atomic mass is 32.2. The highest BCUT2D eigenvalue weighted by Crippen LogP contribution is 2.49. The minimum absolute atomic E-state index is 0.00829. The summed E-state index contributed by atoms with van der Waals surface area (Å²) in [6.07, 6.45) is 0. The average Bonchev–Trinajstić information content (AvgIpc) is 3.40. The minimum Gasteiger partial charge on any atom is -0.352 e. The first-order chi connectivity index (χ1) is 16.5. The number of benzene rings is 1. The molecule has 0 saturated heterocycles. The maximum Gasteiger partial charge on any atom is 0.240 e. The number of fused-ring (bicyclic) bond motifs is 1. The minimum atomic E-state index is -0.263. The fraction of sp³-hybridized carbons (Fsp3) is 0.444. The second-order valence-electron chi connectivity index (χ2n) is 10.4. The Labute approximate surface area is 216 Å². The third-order valence-electron chi connectivity index (χ3n) is 6.20. The maximum atomic E-state index is 13.6. The number of nitrogens with one attached hydrogen (secondary N) is 1. The third-order valence-corrected chi connectivity index (χ3v) is 8.16. The third kappa shape index (κ3) is 5.05. The summed E-state index contributed by atoms with van der Waals surface area (Å²) in [5, 5.41) is 12.3. The van der Waals surface area contributed by atoms with E-state index in [1.165, 1.54) is 0 Å². The summed E-state index contributed by atoms with van der Waals surface area (Å²) in [6, 6.07) is 8.25. The van der Waals surface area contributed by atoms with Crippen LogP contribution in [0.2, 0.25) is 0 Å². The van der Waals surface area contributed by atoms with Crippen molar-refractivity contribution in [1.29, 1.82) is 0 Å². The van der Waals surface area contributed by atoms with Crippen molar-refractivity contribution in [2.24, 2.45) is 0 Å². The van der Waals surface area contributed by atoms with Crippen molar-refractivity contribution >= 4 is 40.7 Å². The van der Waals surface area contributed by atoms with Gasteiger partial charge in [0.15, 0.2) is 0 Å². The van der Waals surface area contributed by atoms with Gasteiger partial charge in [-0.1, -0.05) is 32.9 Å². The van der Waals surface area contributed by atoms with Crippen molar-refractivity contribution in [3.63, 3.8) is 0 Å². The molecule has 0 saturated carbocycles. The predicted molar refractivity (Wildman–Crippen MR) is 146 cm³/mol. The summed E-state index contributed by atoms with van der Waals surface area (Å²) in [6.45, 7) is 14.4. The van der Waals surface area contributed by atoms with Crippen LogP contribution in [0.1, 0.15) is 67.8 Å².